The molecule has 2 aliphatic rings. The Morgan fingerprint density at radius 2 is 2.09 bits per heavy atom. The van der Waals surface area contributed by atoms with E-state index in [0.717, 1.165) is 18.6 Å². The van der Waals surface area contributed by atoms with Crippen LogP contribution in [0.5, 0.6) is 0 Å². The lowest BCUT2D eigenvalue weighted by atomic mass is 9.91. The molecule has 11 heavy (non-hydrogen) atoms. The van der Waals surface area contributed by atoms with Gasteiger partial charge in [0.05, 0.1) is 6.61 Å². The van der Waals surface area contributed by atoms with Gasteiger partial charge in [-0.3, -0.25) is 0 Å². The van der Waals surface area contributed by atoms with E-state index in [-0.39, 0.29) is 12.1 Å². The third-order valence-electron chi connectivity index (χ3n) is 2.81. The summed E-state index contributed by atoms with van der Waals surface area (Å²) >= 11 is 2.06. The number of nitrogens with two attached hydrogens (primary N) is 1. The molecule has 1 spiro atoms. The van der Waals surface area contributed by atoms with Crippen LogP contribution in [0.1, 0.15) is 25.7 Å². The van der Waals surface area contributed by atoms with Crippen LogP contribution >= 0.6 is 11.8 Å². The molecule has 1 heterocycles. The Hall–Kier alpha value is 0.270. The Bertz CT molecular complexity index is 169. The van der Waals surface area contributed by atoms with E-state index >= 15 is 0 Å². The summed E-state index contributed by atoms with van der Waals surface area (Å²) < 4.78 is 0.496. The predicted octanol–water partition coefficient (Wildman–Crippen LogP) is 0.736. The van der Waals surface area contributed by atoms with Crippen LogP contribution in [0.2, 0.25) is 0 Å². The molecule has 0 bridgehead atoms. The summed E-state index contributed by atoms with van der Waals surface area (Å²) in [5, 5.41) is 9.08. The van der Waals surface area contributed by atoms with Gasteiger partial charge in [-0.05, 0) is 31.4 Å². The fraction of sp³-hybridized carbons (Fsp3) is 1.00. The van der Waals surface area contributed by atoms with E-state index in [0.29, 0.717) is 4.75 Å². The molecule has 1 atom stereocenters. The molecule has 0 radical (unpaired) electrons. The first-order valence-corrected chi connectivity index (χ1v) is 5.20. The minimum atomic E-state index is -0.248. The molecule has 3 N–H and O–H groups in total. The lowest BCUT2D eigenvalue weighted by molar-refractivity contribution is 0.178. The molecule has 0 amide bonds. The monoisotopic (exact) mass is 173 g/mol. The minimum Gasteiger partial charge on any atom is -0.394 e. The lowest BCUT2D eigenvalue weighted by Crippen LogP contribution is -2.49. The third-order valence-corrected chi connectivity index (χ3v) is 4.38. The van der Waals surface area contributed by atoms with Crippen LogP contribution in [0.15, 0.2) is 0 Å². The van der Waals surface area contributed by atoms with Crippen LogP contribution in [0.4, 0.5) is 0 Å². The number of hydrogen-bond acceptors (Lipinski definition) is 3. The van der Waals surface area contributed by atoms with Crippen LogP contribution in [0.3, 0.4) is 0 Å². The maximum Gasteiger partial charge on any atom is 0.0612 e. The van der Waals surface area contributed by atoms with E-state index in [4.69, 9.17) is 10.8 Å². The van der Waals surface area contributed by atoms with Crippen LogP contribution in [-0.2, 0) is 0 Å². The van der Waals surface area contributed by atoms with Gasteiger partial charge >= 0.3 is 0 Å². The van der Waals surface area contributed by atoms with E-state index in [1.54, 1.807) is 0 Å². The number of aliphatic hydroxyl groups is 1. The van der Waals surface area contributed by atoms with E-state index in [9.17, 15) is 0 Å². The topological polar surface area (TPSA) is 46.2 Å². The molecule has 0 aromatic heterocycles. The van der Waals surface area contributed by atoms with Crippen molar-refractivity contribution in [3.05, 3.63) is 0 Å². The second-order valence-corrected chi connectivity index (χ2v) is 5.54. The molecule has 1 aliphatic heterocycles. The smallest absolute Gasteiger partial charge is 0.0612 e. The molecule has 2 rings (SSSR count). The highest BCUT2D eigenvalue weighted by Gasteiger charge is 2.50. The van der Waals surface area contributed by atoms with Crippen molar-refractivity contribution >= 4 is 11.8 Å². The minimum absolute atomic E-state index is 0.162. The zero-order chi connectivity index (χ0) is 7.95. The number of rotatable bonds is 1. The molecular formula is C8H15NOS. The summed E-state index contributed by atoms with van der Waals surface area (Å²) in [5.41, 5.74) is 5.76. The molecule has 64 valence electrons. The molecule has 1 unspecified atom stereocenters. The summed E-state index contributed by atoms with van der Waals surface area (Å²) in [5.74, 6) is 1.14. The first kappa shape index (κ1) is 7.90. The van der Waals surface area contributed by atoms with Crippen molar-refractivity contribution in [1.82, 2.24) is 0 Å². The van der Waals surface area contributed by atoms with Crippen molar-refractivity contribution in [1.29, 1.82) is 0 Å². The molecule has 2 fully saturated rings. The average molecular weight is 173 g/mol. The molecular weight excluding hydrogens is 158 g/mol. The predicted molar refractivity (Wildman–Crippen MR) is 47.7 cm³/mol. The number of aliphatic hydroxyl groups excluding tert-OH is 1. The summed E-state index contributed by atoms with van der Waals surface area (Å²) in [6.07, 6.45) is 4.64. The summed E-state index contributed by atoms with van der Waals surface area (Å²) in [7, 11) is 0. The standard InChI is InChI=1S/C8H15NOS/c9-7(6-10)3-4-11-8(5-7)1-2-8/h10H,1-6,9H2. The van der Waals surface area contributed by atoms with E-state index in [1.165, 1.54) is 12.8 Å². The van der Waals surface area contributed by atoms with Gasteiger partial charge in [0.1, 0.15) is 0 Å². The Morgan fingerprint density at radius 1 is 1.36 bits per heavy atom. The fourth-order valence-corrected chi connectivity index (χ4v) is 3.57. The lowest BCUT2D eigenvalue weighted by Gasteiger charge is -2.36. The van der Waals surface area contributed by atoms with Crippen LogP contribution in [0, 0.1) is 0 Å². The average Bonchev–Trinajstić information content (AvgIpc) is 2.69. The van der Waals surface area contributed by atoms with Crippen LogP contribution in [-0.4, -0.2) is 27.8 Å². The van der Waals surface area contributed by atoms with Gasteiger partial charge in [-0.2, -0.15) is 11.8 Å². The highest BCUT2D eigenvalue weighted by atomic mass is 32.2. The molecule has 1 saturated carbocycles. The maximum atomic E-state index is 9.08. The van der Waals surface area contributed by atoms with Crippen molar-refractivity contribution in [2.75, 3.05) is 12.4 Å². The van der Waals surface area contributed by atoms with E-state index in [1.807, 2.05) is 0 Å². The van der Waals surface area contributed by atoms with Gasteiger partial charge < -0.3 is 10.8 Å². The van der Waals surface area contributed by atoms with Gasteiger partial charge in [0.25, 0.3) is 0 Å². The van der Waals surface area contributed by atoms with Gasteiger partial charge in [0.15, 0.2) is 0 Å². The SMILES string of the molecule is NC1(CO)CCSC2(CC2)C1. The van der Waals surface area contributed by atoms with E-state index in [2.05, 4.69) is 11.8 Å². The number of hydrogen-bond donors (Lipinski definition) is 2. The molecule has 1 saturated heterocycles. The Labute approximate surface area is 71.5 Å². The Balaban J connectivity index is 2.03. The Kier molecular flexibility index (Phi) is 1.71. The quantitative estimate of drug-likeness (QED) is 0.614. The zero-order valence-electron chi connectivity index (χ0n) is 6.68. The van der Waals surface area contributed by atoms with Crippen molar-refractivity contribution in [3.8, 4) is 0 Å². The van der Waals surface area contributed by atoms with Crippen molar-refractivity contribution in [3.63, 3.8) is 0 Å². The molecule has 2 nitrogen and oxygen atoms in total. The first-order valence-electron chi connectivity index (χ1n) is 4.22. The van der Waals surface area contributed by atoms with Gasteiger partial charge in [-0.25, -0.2) is 0 Å². The first-order chi connectivity index (χ1) is 5.18. The highest BCUT2D eigenvalue weighted by molar-refractivity contribution is 8.01. The molecule has 0 aromatic rings. The summed E-state index contributed by atoms with van der Waals surface area (Å²) in [6, 6.07) is 0. The van der Waals surface area contributed by atoms with Gasteiger partial charge in [0.2, 0.25) is 0 Å². The Morgan fingerprint density at radius 3 is 2.64 bits per heavy atom. The molecule has 1 aliphatic carbocycles. The fourth-order valence-electron chi connectivity index (χ4n) is 1.85. The van der Waals surface area contributed by atoms with Gasteiger partial charge in [-0.1, -0.05) is 0 Å². The van der Waals surface area contributed by atoms with Crippen molar-refractivity contribution < 1.29 is 5.11 Å². The van der Waals surface area contributed by atoms with Gasteiger partial charge in [0, 0.05) is 10.3 Å². The second-order valence-electron chi connectivity index (χ2n) is 3.98. The largest absolute Gasteiger partial charge is 0.394 e. The summed E-state index contributed by atoms with van der Waals surface area (Å²) in [4.78, 5) is 0. The second kappa shape index (κ2) is 2.38. The summed E-state index contributed by atoms with van der Waals surface area (Å²) in [6.45, 7) is 0.162. The normalized spacial score (nSPS) is 40.9. The van der Waals surface area contributed by atoms with Gasteiger partial charge in [-0.15, -0.1) is 0 Å². The molecule has 0 aromatic carbocycles. The number of thioether (sulfide) groups is 1. The maximum absolute atomic E-state index is 9.08. The highest BCUT2D eigenvalue weighted by Crippen LogP contribution is 2.56. The van der Waals surface area contributed by atoms with E-state index < -0.39 is 0 Å². The van der Waals surface area contributed by atoms with Crippen LogP contribution < -0.4 is 5.73 Å². The van der Waals surface area contributed by atoms with Crippen molar-refractivity contribution in [2.45, 2.75) is 36.0 Å². The zero-order valence-corrected chi connectivity index (χ0v) is 7.49. The third kappa shape index (κ3) is 1.42. The van der Waals surface area contributed by atoms with Crippen molar-refractivity contribution in [2.24, 2.45) is 5.73 Å². The van der Waals surface area contributed by atoms with Crippen LogP contribution in [0.25, 0.3) is 0 Å². The molecule has 3 heteroatoms.